The first-order chi connectivity index (χ1) is 7.34. The zero-order chi connectivity index (χ0) is 10.9. The van der Waals surface area contributed by atoms with E-state index in [1.807, 2.05) is 0 Å². The lowest BCUT2D eigenvalue weighted by Crippen LogP contribution is -2.25. The second-order valence-electron chi connectivity index (χ2n) is 3.17. The number of carbonyl (C=O) groups is 1. The molecule has 1 N–H and O–H groups in total. The molecule has 1 rings (SSSR count). The first kappa shape index (κ1) is 11.7. The fourth-order valence-electron chi connectivity index (χ4n) is 1.16. The Labute approximate surface area is 89.7 Å². The Balaban J connectivity index is 2.20. The van der Waals surface area contributed by atoms with Crippen molar-refractivity contribution < 1.29 is 9.53 Å². The third-order valence-electron chi connectivity index (χ3n) is 1.96. The van der Waals surface area contributed by atoms with Crippen LogP contribution in [-0.4, -0.2) is 31.2 Å². The van der Waals surface area contributed by atoms with Gasteiger partial charge >= 0.3 is 0 Å². The normalized spacial score (nSPS) is 9.93. The predicted molar refractivity (Wildman–Crippen MR) is 57.7 cm³/mol. The number of unbranched alkanes of at least 4 members (excludes halogenated alkanes) is 1. The third-order valence-corrected chi connectivity index (χ3v) is 1.96. The van der Waals surface area contributed by atoms with Gasteiger partial charge in [-0.2, -0.15) is 0 Å². The van der Waals surface area contributed by atoms with Crippen LogP contribution in [0.5, 0.6) is 0 Å². The molecule has 0 aliphatic carbocycles. The van der Waals surface area contributed by atoms with Crippen molar-refractivity contribution in [2.45, 2.75) is 12.8 Å². The number of hydrogen-bond donors (Lipinski definition) is 1. The molecule has 0 atom stereocenters. The summed E-state index contributed by atoms with van der Waals surface area (Å²) in [4.78, 5) is 15.4. The Morgan fingerprint density at radius 3 is 3.00 bits per heavy atom. The Kier molecular flexibility index (Phi) is 5.40. The van der Waals surface area contributed by atoms with Gasteiger partial charge < -0.3 is 10.1 Å². The summed E-state index contributed by atoms with van der Waals surface area (Å²) >= 11 is 0. The second-order valence-corrected chi connectivity index (χ2v) is 3.17. The number of pyridine rings is 1. The fourth-order valence-corrected chi connectivity index (χ4v) is 1.16. The molecule has 0 radical (unpaired) electrons. The predicted octanol–water partition coefficient (Wildman–Crippen LogP) is 1.24. The van der Waals surface area contributed by atoms with Crippen LogP contribution in [0.2, 0.25) is 0 Å². The zero-order valence-electron chi connectivity index (χ0n) is 8.90. The first-order valence-corrected chi connectivity index (χ1v) is 5.03. The van der Waals surface area contributed by atoms with E-state index < -0.39 is 0 Å². The highest BCUT2D eigenvalue weighted by atomic mass is 16.5. The Morgan fingerprint density at radius 2 is 2.33 bits per heavy atom. The molecule has 0 aromatic carbocycles. The highest BCUT2D eigenvalue weighted by Crippen LogP contribution is 1.93. The lowest BCUT2D eigenvalue weighted by Gasteiger charge is -2.03. The average molecular weight is 208 g/mol. The van der Waals surface area contributed by atoms with Crippen LogP contribution in [0, 0.1) is 0 Å². The van der Waals surface area contributed by atoms with Crippen molar-refractivity contribution in [1.29, 1.82) is 0 Å². The van der Waals surface area contributed by atoms with E-state index in [-0.39, 0.29) is 5.91 Å². The standard InChI is InChI=1S/C11H16N2O2/c1-15-9-5-4-8-13-11(14)10-6-2-3-7-12-10/h2-3,6-7H,4-5,8-9H2,1H3,(H,13,14). The van der Waals surface area contributed by atoms with Crippen molar-refractivity contribution in [2.24, 2.45) is 0 Å². The zero-order valence-corrected chi connectivity index (χ0v) is 8.90. The minimum Gasteiger partial charge on any atom is -0.385 e. The molecule has 0 aliphatic heterocycles. The summed E-state index contributed by atoms with van der Waals surface area (Å²) in [7, 11) is 1.67. The van der Waals surface area contributed by atoms with E-state index in [0.29, 0.717) is 12.2 Å². The second kappa shape index (κ2) is 6.95. The van der Waals surface area contributed by atoms with Crippen LogP contribution in [0.25, 0.3) is 0 Å². The summed E-state index contributed by atoms with van der Waals surface area (Å²) in [6, 6.07) is 5.28. The molecule has 1 amide bonds. The van der Waals surface area contributed by atoms with Crippen LogP contribution in [0.15, 0.2) is 24.4 Å². The maximum absolute atomic E-state index is 11.5. The van der Waals surface area contributed by atoms with Crippen molar-refractivity contribution in [3.63, 3.8) is 0 Å². The maximum atomic E-state index is 11.5. The highest BCUT2D eigenvalue weighted by Gasteiger charge is 2.03. The lowest BCUT2D eigenvalue weighted by atomic mass is 10.3. The number of hydrogen-bond acceptors (Lipinski definition) is 3. The number of methoxy groups -OCH3 is 1. The summed E-state index contributed by atoms with van der Waals surface area (Å²) in [5.41, 5.74) is 0.462. The molecule has 1 aromatic heterocycles. The summed E-state index contributed by atoms with van der Waals surface area (Å²) in [6.45, 7) is 1.40. The van der Waals surface area contributed by atoms with Gasteiger partial charge in [0.2, 0.25) is 0 Å². The van der Waals surface area contributed by atoms with Crippen molar-refractivity contribution >= 4 is 5.91 Å². The van der Waals surface area contributed by atoms with Gasteiger partial charge in [0.1, 0.15) is 5.69 Å². The smallest absolute Gasteiger partial charge is 0.269 e. The molecule has 4 nitrogen and oxygen atoms in total. The first-order valence-electron chi connectivity index (χ1n) is 5.03. The van der Waals surface area contributed by atoms with Gasteiger partial charge in [0.25, 0.3) is 5.91 Å². The Hall–Kier alpha value is -1.42. The number of aromatic nitrogens is 1. The van der Waals surface area contributed by atoms with Gasteiger partial charge in [-0.25, -0.2) is 0 Å². The molecule has 82 valence electrons. The third kappa shape index (κ3) is 4.56. The van der Waals surface area contributed by atoms with E-state index in [0.717, 1.165) is 19.4 Å². The number of rotatable bonds is 6. The van der Waals surface area contributed by atoms with E-state index in [4.69, 9.17) is 4.74 Å². The molecular formula is C11H16N2O2. The maximum Gasteiger partial charge on any atom is 0.269 e. The van der Waals surface area contributed by atoms with Crippen molar-refractivity contribution in [3.8, 4) is 0 Å². The van der Waals surface area contributed by atoms with Gasteiger partial charge in [-0.3, -0.25) is 9.78 Å². The van der Waals surface area contributed by atoms with Crippen molar-refractivity contribution in [3.05, 3.63) is 30.1 Å². The Morgan fingerprint density at radius 1 is 1.47 bits per heavy atom. The van der Waals surface area contributed by atoms with Gasteiger partial charge in [0.05, 0.1) is 0 Å². The minimum absolute atomic E-state index is 0.118. The van der Waals surface area contributed by atoms with E-state index in [2.05, 4.69) is 10.3 Å². The topological polar surface area (TPSA) is 51.2 Å². The minimum atomic E-state index is -0.118. The highest BCUT2D eigenvalue weighted by molar-refractivity contribution is 5.92. The molecule has 0 unspecified atom stereocenters. The van der Waals surface area contributed by atoms with Crippen LogP contribution in [0.4, 0.5) is 0 Å². The number of amides is 1. The van der Waals surface area contributed by atoms with Crippen LogP contribution in [0.3, 0.4) is 0 Å². The van der Waals surface area contributed by atoms with E-state index in [9.17, 15) is 4.79 Å². The lowest BCUT2D eigenvalue weighted by molar-refractivity contribution is 0.0946. The molecule has 0 aliphatic rings. The molecule has 1 heterocycles. The summed E-state index contributed by atoms with van der Waals surface area (Å²) in [6.07, 6.45) is 3.49. The molecule has 0 saturated carbocycles. The number of nitrogens with zero attached hydrogens (tertiary/aromatic N) is 1. The van der Waals surface area contributed by atoms with Crippen LogP contribution >= 0.6 is 0 Å². The molecule has 0 fully saturated rings. The van der Waals surface area contributed by atoms with Gasteiger partial charge in [-0.1, -0.05) is 6.07 Å². The molecule has 15 heavy (non-hydrogen) atoms. The van der Waals surface area contributed by atoms with Crippen LogP contribution in [-0.2, 0) is 4.74 Å². The van der Waals surface area contributed by atoms with Crippen molar-refractivity contribution in [2.75, 3.05) is 20.3 Å². The average Bonchev–Trinajstić information content (AvgIpc) is 2.30. The van der Waals surface area contributed by atoms with E-state index in [1.165, 1.54) is 0 Å². The van der Waals surface area contributed by atoms with E-state index in [1.54, 1.807) is 31.5 Å². The molecular weight excluding hydrogens is 192 g/mol. The monoisotopic (exact) mass is 208 g/mol. The fraction of sp³-hybridized carbons (Fsp3) is 0.455. The summed E-state index contributed by atoms with van der Waals surface area (Å²) in [5, 5.41) is 2.80. The van der Waals surface area contributed by atoms with Crippen molar-refractivity contribution in [1.82, 2.24) is 10.3 Å². The number of ether oxygens (including phenoxy) is 1. The molecule has 4 heteroatoms. The quantitative estimate of drug-likeness (QED) is 0.715. The van der Waals surface area contributed by atoms with Crippen LogP contribution < -0.4 is 5.32 Å². The van der Waals surface area contributed by atoms with Gasteiger partial charge in [-0.05, 0) is 25.0 Å². The molecule has 1 aromatic rings. The van der Waals surface area contributed by atoms with Gasteiger partial charge in [0.15, 0.2) is 0 Å². The molecule has 0 spiro atoms. The SMILES string of the molecule is COCCCCNC(=O)c1ccccn1. The number of nitrogens with one attached hydrogen (secondary N) is 1. The Bertz CT molecular complexity index is 288. The van der Waals surface area contributed by atoms with Gasteiger partial charge in [0, 0.05) is 26.5 Å². The van der Waals surface area contributed by atoms with Gasteiger partial charge in [-0.15, -0.1) is 0 Å². The van der Waals surface area contributed by atoms with E-state index >= 15 is 0 Å². The summed E-state index contributed by atoms with van der Waals surface area (Å²) in [5.74, 6) is -0.118. The summed E-state index contributed by atoms with van der Waals surface area (Å²) < 4.78 is 4.91. The van der Waals surface area contributed by atoms with Crippen LogP contribution in [0.1, 0.15) is 23.3 Å². The number of carbonyl (C=O) groups excluding carboxylic acids is 1. The molecule has 0 saturated heterocycles. The largest absolute Gasteiger partial charge is 0.385 e. The molecule has 0 bridgehead atoms.